The summed E-state index contributed by atoms with van der Waals surface area (Å²) in [5.41, 5.74) is 1.01. The van der Waals surface area contributed by atoms with Crippen LogP contribution in [0.5, 0.6) is 0 Å². The predicted octanol–water partition coefficient (Wildman–Crippen LogP) is 2.81. The highest BCUT2D eigenvalue weighted by Crippen LogP contribution is 2.15. The van der Waals surface area contributed by atoms with E-state index >= 15 is 0 Å². The molecule has 0 bridgehead atoms. The predicted molar refractivity (Wildman–Crippen MR) is 92.3 cm³/mol. The van der Waals surface area contributed by atoms with Crippen LogP contribution in [0.3, 0.4) is 0 Å². The van der Waals surface area contributed by atoms with Crippen LogP contribution in [0.4, 0.5) is 17.6 Å². The summed E-state index contributed by atoms with van der Waals surface area (Å²) in [5.74, 6) is 0.366. The fourth-order valence-corrected chi connectivity index (χ4v) is 2.23. The first-order valence-electron chi connectivity index (χ1n) is 8.32. The fourth-order valence-electron chi connectivity index (χ4n) is 2.23. The van der Waals surface area contributed by atoms with Crippen molar-refractivity contribution in [2.75, 3.05) is 39.8 Å². The van der Waals surface area contributed by atoms with Crippen molar-refractivity contribution in [1.29, 1.82) is 0 Å². The highest BCUT2D eigenvalue weighted by molar-refractivity contribution is 5.79. The fraction of sp³-hybridized carbons (Fsp3) is 0.588. The zero-order chi connectivity index (χ0) is 18.7. The smallest absolute Gasteiger partial charge is 0.357 e. The second-order valence-corrected chi connectivity index (χ2v) is 5.77. The average Bonchev–Trinajstić information content (AvgIpc) is 2.51. The van der Waals surface area contributed by atoms with Crippen LogP contribution in [0.15, 0.2) is 29.3 Å². The van der Waals surface area contributed by atoms with Gasteiger partial charge in [0.05, 0.1) is 6.54 Å². The highest BCUT2D eigenvalue weighted by atomic mass is 19.4. The van der Waals surface area contributed by atoms with Crippen LogP contribution in [-0.2, 0) is 6.42 Å². The van der Waals surface area contributed by atoms with Gasteiger partial charge in [0, 0.05) is 19.6 Å². The van der Waals surface area contributed by atoms with E-state index in [1.54, 1.807) is 12.1 Å². The van der Waals surface area contributed by atoms with E-state index in [-0.39, 0.29) is 5.82 Å². The van der Waals surface area contributed by atoms with Crippen molar-refractivity contribution in [3.63, 3.8) is 0 Å². The van der Waals surface area contributed by atoms with Crippen LogP contribution in [0.2, 0.25) is 0 Å². The molecule has 0 aliphatic rings. The Morgan fingerprint density at radius 2 is 1.84 bits per heavy atom. The van der Waals surface area contributed by atoms with Crippen LogP contribution in [0, 0.1) is 5.82 Å². The zero-order valence-electron chi connectivity index (χ0n) is 14.7. The normalized spacial score (nSPS) is 12.5. The molecule has 0 aliphatic heterocycles. The Labute approximate surface area is 146 Å². The molecule has 0 spiro atoms. The monoisotopic (exact) mass is 362 g/mol. The Bertz CT molecular complexity index is 514. The van der Waals surface area contributed by atoms with Crippen LogP contribution >= 0.6 is 0 Å². The van der Waals surface area contributed by atoms with Gasteiger partial charge in [0.25, 0.3) is 0 Å². The molecule has 4 nitrogen and oxygen atoms in total. The van der Waals surface area contributed by atoms with Crippen molar-refractivity contribution in [3.05, 3.63) is 35.6 Å². The van der Waals surface area contributed by atoms with Crippen molar-refractivity contribution < 1.29 is 17.6 Å². The second kappa shape index (κ2) is 10.9. The van der Waals surface area contributed by atoms with Gasteiger partial charge < -0.3 is 10.6 Å². The molecule has 0 aromatic heterocycles. The van der Waals surface area contributed by atoms with E-state index in [4.69, 9.17) is 0 Å². The summed E-state index contributed by atoms with van der Waals surface area (Å²) in [5, 5.41) is 6.25. The Hall–Kier alpha value is -1.83. The Balaban J connectivity index is 2.32. The van der Waals surface area contributed by atoms with Crippen molar-refractivity contribution in [2.24, 2.45) is 4.99 Å². The first-order chi connectivity index (χ1) is 11.8. The van der Waals surface area contributed by atoms with E-state index in [2.05, 4.69) is 15.6 Å². The summed E-state index contributed by atoms with van der Waals surface area (Å²) in [6.45, 7) is 3.12. The Morgan fingerprint density at radius 1 is 1.16 bits per heavy atom. The number of nitrogens with zero attached hydrogens (tertiary/aromatic N) is 2. The largest absolute Gasteiger partial charge is 0.401 e. The molecule has 25 heavy (non-hydrogen) atoms. The molecular weight excluding hydrogens is 336 g/mol. The van der Waals surface area contributed by atoms with Crippen LogP contribution in [0.25, 0.3) is 0 Å². The van der Waals surface area contributed by atoms with Gasteiger partial charge in [-0.15, -0.1) is 0 Å². The standard InChI is InChI=1S/C17H26F4N4/c1-3-22-16(23-10-4-12-25(2)13-17(19,20)21)24-11-9-14-5-7-15(18)8-6-14/h5-8H,3-4,9-13H2,1-2H3,(H2,22,23,24). The minimum absolute atomic E-state index is 0.262. The summed E-state index contributed by atoms with van der Waals surface area (Å²) in [6.07, 6.45) is -2.91. The summed E-state index contributed by atoms with van der Waals surface area (Å²) >= 11 is 0. The van der Waals surface area contributed by atoms with Gasteiger partial charge in [0.1, 0.15) is 5.82 Å². The summed E-state index contributed by atoms with van der Waals surface area (Å²) in [4.78, 5) is 5.59. The summed E-state index contributed by atoms with van der Waals surface area (Å²) in [7, 11) is 1.45. The van der Waals surface area contributed by atoms with E-state index in [1.807, 2.05) is 6.92 Å². The number of hydrogen-bond acceptors (Lipinski definition) is 2. The third-order valence-electron chi connectivity index (χ3n) is 3.38. The molecule has 0 amide bonds. The first kappa shape index (κ1) is 21.2. The molecule has 142 valence electrons. The Kier molecular flexibility index (Phi) is 9.26. The van der Waals surface area contributed by atoms with Gasteiger partial charge in [-0.25, -0.2) is 4.39 Å². The van der Waals surface area contributed by atoms with E-state index in [0.29, 0.717) is 38.6 Å². The van der Waals surface area contributed by atoms with Gasteiger partial charge in [-0.3, -0.25) is 9.89 Å². The molecule has 0 radical (unpaired) electrons. The van der Waals surface area contributed by atoms with Crippen molar-refractivity contribution in [3.8, 4) is 0 Å². The number of aliphatic imine (C=N–C) groups is 1. The minimum Gasteiger partial charge on any atom is -0.357 e. The SMILES string of the molecule is CCNC(=NCCCN(C)CC(F)(F)F)NCCc1ccc(F)cc1. The van der Waals surface area contributed by atoms with Gasteiger partial charge in [0.2, 0.25) is 0 Å². The molecule has 0 saturated heterocycles. The lowest BCUT2D eigenvalue weighted by molar-refractivity contribution is -0.143. The molecule has 2 N–H and O–H groups in total. The molecule has 1 aromatic rings. The lowest BCUT2D eigenvalue weighted by atomic mass is 10.1. The number of rotatable bonds is 9. The molecular formula is C17H26F4N4. The Morgan fingerprint density at radius 3 is 2.44 bits per heavy atom. The van der Waals surface area contributed by atoms with Crippen LogP contribution in [0.1, 0.15) is 18.9 Å². The number of guanidine groups is 1. The van der Waals surface area contributed by atoms with Gasteiger partial charge in [-0.1, -0.05) is 12.1 Å². The molecule has 0 fully saturated rings. The van der Waals surface area contributed by atoms with E-state index < -0.39 is 12.7 Å². The second-order valence-electron chi connectivity index (χ2n) is 5.77. The van der Waals surface area contributed by atoms with E-state index in [1.165, 1.54) is 24.1 Å². The molecule has 0 heterocycles. The van der Waals surface area contributed by atoms with Gasteiger partial charge in [-0.05, 0) is 51.1 Å². The molecule has 0 unspecified atom stereocenters. The van der Waals surface area contributed by atoms with Crippen molar-refractivity contribution in [2.45, 2.75) is 25.9 Å². The average molecular weight is 362 g/mol. The molecule has 0 saturated carbocycles. The lowest BCUT2D eigenvalue weighted by Gasteiger charge is -2.18. The molecule has 1 aromatic carbocycles. The van der Waals surface area contributed by atoms with Gasteiger partial charge >= 0.3 is 6.18 Å². The zero-order valence-corrected chi connectivity index (χ0v) is 14.7. The summed E-state index contributed by atoms with van der Waals surface area (Å²) in [6, 6.07) is 6.31. The number of hydrogen-bond donors (Lipinski definition) is 2. The number of nitrogens with one attached hydrogen (secondary N) is 2. The van der Waals surface area contributed by atoms with E-state index in [9.17, 15) is 17.6 Å². The summed E-state index contributed by atoms with van der Waals surface area (Å²) < 4.78 is 49.6. The van der Waals surface area contributed by atoms with Crippen molar-refractivity contribution >= 4 is 5.96 Å². The number of halogens is 4. The van der Waals surface area contributed by atoms with Crippen LogP contribution in [-0.4, -0.2) is 56.8 Å². The lowest BCUT2D eigenvalue weighted by Crippen LogP contribution is -2.38. The molecule has 0 aliphatic carbocycles. The van der Waals surface area contributed by atoms with Gasteiger partial charge in [-0.2, -0.15) is 13.2 Å². The molecule has 1 rings (SSSR count). The third-order valence-corrected chi connectivity index (χ3v) is 3.38. The first-order valence-corrected chi connectivity index (χ1v) is 8.32. The molecule has 0 atom stereocenters. The van der Waals surface area contributed by atoms with E-state index in [0.717, 1.165) is 12.0 Å². The van der Waals surface area contributed by atoms with Gasteiger partial charge in [0.15, 0.2) is 5.96 Å². The number of alkyl halides is 3. The maximum atomic E-state index is 12.8. The maximum absolute atomic E-state index is 12.8. The minimum atomic E-state index is -4.17. The van der Waals surface area contributed by atoms with Crippen molar-refractivity contribution in [1.82, 2.24) is 15.5 Å². The topological polar surface area (TPSA) is 39.7 Å². The third kappa shape index (κ3) is 10.6. The van der Waals surface area contributed by atoms with Crippen LogP contribution < -0.4 is 10.6 Å². The molecule has 8 heteroatoms. The number of benzene rings is 1. The highest BCUT2D eigenvalue weighted by Gasteiger charge is 2.28. The quantitative estimate of drug-likeness (QED) is 0.307. The maximum Gasteiger partial charge on any atom is 0.401 e.